The van der Waals surface area contributed by atoms with Gasteiger partial charge in [-0.25, -0.2) is 12.8 Å². The Kier molecular flexibility index (Phi) is 6.06. The van der Waals surface area contributed by atoms with Crippen LogP contribution in [0.5, 0.6) is 0 Å². The second-order valence-electron chi connectivity index (χ2n) is 5.42. The molecular weight excluding hydrogens is 361 g/mol. The highest BCUT2D eigenvalue weighted by molar-refractivity contribution is 7.89. The van der Waals surface area contributed by atoms with Gasteiger partial charge in [0.2, 0.25) is 15.9 Å². The number of carbonyl (C=O) groups excluding carboxylic acids is 2. The summed E-state index contributed by atoms with van der Waals surface area (Å²) in [5, 5.41) is 5.03. The van der Waals surface area contributed by atoms with Crippen molar-refractivity contribution in [2.24, 2.45) is 0 Å². The molecule has 0 fully saturated rings. The standard InChI is InChI=1S/C17H18FN3O4S/c1-19-17(23)12-3-7-14(8-4-12)20-16(22)11-21(2)26(24,25)15-9-5-13(18)6-10-15/h3-10H,11H2,1-2H3,(H,19,23)(H,20,22). The Morgan fingerprint density at radius 3 is 2.15 bits per heavy atom. The van der Waals surface area contributed by atoms with E-state index in [9.17, 15) is 22.4 Å². The summed E-state index contributed by atoms with van der Waals surface area (Å²) in [6.45, 7) is -0.420. The number of benzene rings is 2. The topological polar surface area (TPSA) is 95.6 Å². The normalized spacial score (nSPS) is 11.2. The monoisotopic (exact) mass is 379 g/mol. The fourth-order valence-electron chi connectivity index (χ4n) is 2.12. The Labute approximate surface area is 150 Å². The van der Waals surface area contributed by atoms with Crippen LogP contribution in [-0.4, -0.2) is 45.2 Å². The Morgan fingerprint density at radius 2 is 1.62 bits per heavy atom. The van der Waals surface area contributed by atoms with Gasteiger partial charge in [-0.3, -0.25) is 9.59 Å². The molecule has 9 heteroatoms. The first-order valence-corrected chi connectivity index (χ1v) is 9.02. The minimum atomic E-state index is -3.91. The van der Waals surface area contributed by atoms with E-state index in [0.717, 1.165) is 28.6 Å². The first-order chi connectivity index (χ1) is 12.2. The zero-order chi connectivity index (χ0) is 19.3. The van der Waals surface area contributed by atoms with Crippen molar-refractivity contribution < 1.29 is 22.4 Å². The molecule has 0 aliphatic carbocycles. The Balaban J connectivity index is 2.02. The Bertz CT molecular complexity index is 897. The van der Waals surface area contributed by atoms with Gasteiger partial charge in [-0.2, -0.15) is 4.31 Å². The number of nitrogens with zero attached hydrogens (tertiary/aromatic N) is 1. The number of halogens is 1. The van der Waals surface area contributed by atoms with Crippen molar-refractivity contribution in [2.75, 3.05) is 26.0 Å². The molecule has 2 amide bonds. The first-order valence-electron chi connectivity index (χ1n) is 7.58. The highest BCUT2D eigenvalue weighted by atomic mass is 32.2. The lowest BCUT2D eigenvalue weighted by molar-refractivity contribution is -0.116. The third-order valence-electron chi connectivity index (χ3n) is 3.55. The molecule has 2 aromatic carbocycles. The van der Waals surface area contributed by atoms with Crippen LogP contribution in [0.4, 0.5) is 10.1 Å². The molecular formula is C17H18FN3O4S. The molecule has 0 saturated carbocycles. The molecule has 7 nitrogen and oxygen atoms in total. The lowest BCUT2D eigenvalue weighted by Crippen LogP contribution is -2.35. The molecule has 26 heavy (non-hydrogen) atoms. The second-order valence-corrected chi connectivity index (χ2v) is 7.46. The van der Waals surface area contributed by atoms with E-state index in [4.69, 9.17) is 0 Å². The van der Waals surface area contributed by atoms with Crippen LogP contribution in [0, 0.1) is 5.82 Å². The molecule has 0 atom stereocenters. The van der Waals surface area contributed by atoms with Gasteiger partial charge in [0, 0.05) is 25.3 Å². The maximum absolute atomic E-state index is 12.9. The van der Waals surface area contributed by atoms with Gasteiger partial charge >= 0.3 is 0 Å². The van der Waals surface area contributed by atoms with E-state index in [-0.39, 0.29) is 10.8 Å². The summed E-state index contributed by atoms with van der Waals surface area (Å²) in [5.74, 6) is -1.36. The van der Waals surface area contributed by atoms with Gasteiger partial charge in [-0.05, 0) is 48.5 Å². The fraction of sp³-hybridized carbons (Fsp3) is 0.176. The number of anilines is 1. The van der Waals surface area contributed by atoms with Gasteiger partial charge < -0.3 is 10.6 Å². The Morgan fingerprint density at radius 1 is 1.04 bits per heavy atom. The zero-order valence-corrected chi connectivity index (χ0v) is 15.0. The molecule has 0 spiro atoms. The molecule has 2 rings (SSSR count). The van der Waals surface area contributed by atoms with Crippen LogP contribution in [0.25, 0.3) is 0 Å². The van der Waals surface area contributed by atoms with E-state index in [0.29, 0.717) is 11.3 Å². The Hall–Kier alpha value is -2.78. The number of likely N-dealkylation sites (N-methyl/N-ethyl adjacent to an activating group) is 1. The minimum Gasteiger partial charge on any atom is -0.355 e. The van der Waals surface area contributed by atoms with Crippen molar-refractivity contribution in [3.63, 3.8) is 0 Å². The molecule has 0 aromatic heterocycles. The van der Waals surface area contributed by atoms with Crippen LogP contribution in [0.15, 0.2) is 53.4 Å². The predicted octanol–water partition coefficient (Wildman–Crippen LogP) is 1.44. The summed E-state index contributed by atoms with van der Waals surface area (Å²) in [7, 11) is -1.15. The number of rotatable bonds is 6. The summed E-state index contributed by atoms with van der Waals surface area (Å²) in [6.07, 6.45) is 0. The first kappa shape index (κ1) is 19.5. The van der Waals surface area contributed by atoms with Crippen LogP contribution in [0.3, 0.4) is 0 Å². The summed E-state index contributed by atoms with van der Waals surface area (Å²) in [4.78, 5) is 23.4. The van der Waals surface area contributed by atoms with Gasteiger partial charge in [0.05, 0.1) is 11.4 Å². The van der Waals surface area contributed by atoms with E-state index in [1.165, 1.54) is 38.4 Å². The highest BCUT2D eigenvalue weighted by Crippen LogP contribution is 2.15. The number of nitrogens with one attached hydrogen (secondary N) is 2. The van der Waals surface area contributed by atoms with E-state index >= 15 is 0 Å². The van der Waals surface area contributed by atoms with Crippen molar-refractivity contribution >= 4 is 27.5 Å². The number of amides is 2. The number of hydrogen-bond acceptors (Lipinski definition) is 4. The fourth-order valence-corrected chi connectivity index (χ4v) is 3.25. The van der Waals surface area contributed by atoms with E-state index in [2.05, 4.69) is 10.6 Å². The average molecular weight is 379 g/mol. The van der Waals surface area contributed by atoms with Crippen molar-refractivity contribution in [1.29, 1.82) is 0 Å². The zero-order valence-electron chi connectivity index (χ0n) is 14.2. The summed E-state index contributed by atoms with van der Waals surface area (Å²) in [6, 6.07) is 10.5. The molecule has 0 heterocycles. The quantitative estimate of drug-likeness (QED) is 0.794. The predicted molar refractivity (Wildman–Crippen MR) is 94.7 cm³/mol. The van der Waals surface area contributed by atoms with Gasteiger partial charge in [0.1, 0.15) is 5.82 Å². The van der Waals surface area contributed by atoms with Crippen LogP contribution >= 0.6 is 0 Å². The molecule has 0 aliphatic heterocycles. The highest BCUT2D eigenvalue weighted by Gasteiger charge is 2.23. The molecule has 0 unspecified atom stereocenters. The van der Waals surface area contributed by atoms with Crippen LogP contribution in [0.2, 0.25) is 0 Å². The third kappa shape index (κ3) is 4.64. The average Bonchev–Trinajstić information content (AvgIpc) is 2.61. The van der Waals surface area contributed by atoms with E-state index in [1.54, 1.807) is 0 Å². The molecule has 0 saturated heterocycles. The van der Waals surface area contributed by atoms with Crippen LogP contribution < -0.4 is 10.6 Å². The maximum atomic E-state index is 12.9. The largest absolute Gasteiger partial charge is 0.355 e. The number of hydrogen-bond donors (Lipinski definition) is 2. The van der Waals surface area contributed by atoms with Gasteiger partial charge in [-0.15, -0.1) is 0 Å². The minimum absolute atomic E-state index is 0.107. The molecule has 138 valence electrons. The number of carbonyl (C=O) groups is 2. The summed E-state index contributed by atoms with van der Waals surface area (Å²) >= 11 is 0. The second kappa shape index (κ2) is 8.07. The lowest BCUT2D eigenvalue weighted by Gasteiger charge is -2.17. The third-order valence-corrected chi connectivity index (χ3v) is 5.36. The number of sulfonamides is 1. The smallest absolute Gasteiger partial charge is 0.251 e. The summed E-state index contributed by atoms with van der Waals surface area (Å²) in [5.41, 5.74) is 0.858. The SMILES string of the molecule is CNC(=O)c1ccc(NC(=O)CN(C)S(=O)(=O)c2ccc(F)cc2)cc1. The van der Waals surface area contributed by atoms with Crippen LogP contribution in [0.1, 0.15) is 10.4 Å². The molecule has 2 N–H and O–H groups in total. The van der Waals surface area contributed by atoms with Crippen LogP contribution in [-0.2, 0) is 14.8 Å². The molecule has 0 bridgehead atoms. The molecule has 0 radical (unpaired) electrons. The molecule has 2 aromatic rings. The van der Waals surface area contributed by atoms with Crippen molar-refractivity contribution in [3.05, 3.63) is 59.9 Å². The van der Waals surface area contributed by atoms with Gasteiger partial charge in [0.25, 0.3) is 5.91 Å². The van der Waals surface area contributed by atoms with Crippen molar-refractivity contribution in [1.82, 2.24) is 9.62 Å². The molecule has 0 aliphatic rings. The van der Waals surface area contributed by atoms with Crippen molar-refractivity contribution in [3.8, 4) is 0 Å². The van der Waals surface area contributed by atoms with Gasteiger partial charge in [0.15, 0.2) is 0 Å². The van der Waals surface area contributed by atoms with Gasteiger partial charge in [-0.1, -0.05) is 0 Å². The van der Waals surface area contributed by atoms with E-state index in [1.807, 2.05) is 0 Å². The lowest BCUT2D eigenvalue weighted by atomic mass is 10.2. The van der Waals surface area contributed by atoms with E-state index < -0.39 is 28.3 Å². The maximum Gasteiger partial charge on any atom is 0.251 e. The summed E-state index contributed by atoms with van der Waals surface area (Å²) < 4.78 is 38.5. The van der Waals surface area contributed by atoms with Crippen molar-refractivity contribution in [2.45, 2.75) is 4.90 Å².